The minimum absolute atomic E-state index is 0.148. The Morgan fingerprint density at radius 1 is 0.957 bits per heavy atom. The molecule has 0 saturated carbocycles. The van der Waals surface area contributed by atoms with Gasteiger partial charge >= 0.3 is 0 Å². The molecule has 0 bridgehead atoms. The maximum Gasteiger partial charge on any atom is 0.269 e. The Balaban J connectivity index is 1.48. The SMILES string of the molecule is O=[N+]([O-])c1ccc(CN2CCN(Cc3cccnc3)CC2)cc1. The highest BCUT2D eigenvalue weighted by Crippen LogP contribution is 2.15. The molecule has 0 amide bonds. The molecule has 6 nitrogen and oxygen atoms in total. The van der Waals surface area contributed by atoms with Gasteiger partial charge in [0, 0.05) is 63.8 Å². The van der Waals surface area contributed by atoms with Crippen LogP contribution in [0.5, 0.6) is 0 Å². The van der Waals surface area contributed by atoms with Crippen LogP contribution in [-0.4, -0.2) is 45.9 Å². The van der Waals surface area contributed by atoms with Gasteiger partial charge in [-0.2, -0.15) is 0 Å². The number of nitrogens with zero attached hydrogens (tertiary/aromatic N) is 4. The number of hydrogen-bond acceptors (Lipinski definition) is 5. The summed E-state index contributed by atoms with van der Waals surface area (Å²) in [5.41, 5.74) is 2.52. The van der Waals surface area contributed by atoms with E-state index in [4.69, 9.17) is 0 Å². The molecule has 3 rings (SSSR count). The fraction of sp³-hybridized carbons (Fsp3) is 0.353. The third-order valence-corrected chi connectivity index (χ3v) is 4.15. The zero-order chi connectivity index (χ0) is 16.1. The maximum absolute atomic E-state index is 10.7. The van der Waals surface area contributed by atoms with Crippen molar-refractivity contribution in [3.63, 3.8) is 0 Å². The van der Waals surface area contributed by atoms with Crippen molar-refractivity contribution in [3.8, 4) is 0 Å². The molecule has 0 radical (unpaired) electrons. The van der Waals surface area contributed by atoms with Crippen LogP contribution >= 0.6 is 0 Å². The van der Waals surface area contributed by atoms with E-state index in [-0.39, 0.29) is 10.6 Å². The van der Waals surface area contributed by atoms with E-state index in [0.29, 0.717) is 0 Å². The van der Waals surface area contributed by atoms with Crippen molar-refractivity contribution in [2.75, 3.05) is 26.2 Å². The van der Waals surface area contributed by atoms with Gasteiger partial charge in [-0.1, -0.05) is 18.2 Å². The highest BCUT2D eigenvalue weighted by atomic mass is 16.6. The van der Waals surface area contributed by atoms with E-state index in [0.717, 1.165) is 44.8 Å². The zero-order valence-corrected chi connectivity index (χ0v) is 13.0. The van der Waals surface area contributed by atoms with Crippen molar-refractivity contribution < 1.29 is 4.92 Å². The summed E-state index contributed by atoms with van der Waals surface area (Å²) in [6.07, 6.45) is 3.72. The summed E-state index contributed by atoms with van der Waals surface area (Å²) in [6.45, 7) is 5.87. The lowest BCUT2D eigenvalue weighted by Crippen LogP contribution is -2.45. The third kappa shape index (κ3) is 4.34. The summed E-state index contributed by atoms with van der Waals surface area (Å²) in [4.78, 5) is 19.3. The zero-order valence-electron chi connectivity index (χ0n) is 13.0. The number of pyridine rings is 1. The lowest BCUT2D eigenvalue weighted by molar-refractivity contribution is -0.384. The predicted molar refractivity (Wildman–Crippen MR) is 87.9 cm³/mol. The highest BCUT2D eigenvalue weighted by Gasteiger charge is 2.17. The number of nitro benzene ring substituents is 1. The Bertz CT molecular complexity index is 637. The van der Waals surface area contributed by atoms with E-state index < -0.39 is 0 Å². The fourth-order valence-corrected chi connectivity index (χ4v) is 2.84. The van der Waals surface area contributed by atoms with Crippen LogP contribution in [0.4, 0.5) is 5.69 Å². The predicted octanol–water partition coefficient (Wildman–Crippen LogP) is 2.31. The molecular weight excluding hydrogens is 292 g/mol. The molecule has 0 N–H and O–H groups in total. The van der Waals surface area contributed by atoms with Gasteiger partial charge in [-0.15, -0.1) is 0 Å². The number of piperazine rings is 1. The molecule has 23 heavy (non-hydrogen) atoms. The van der Waals surface area contributed by atoms with Gasteiger partial charge in [0.2, 0.25) is 0 Å². The lowest BCUT2D eigenvalue weighted by atomic mass is 10.1. The Labute approximate surface area is 135 Å². The fourth-order valence-electron chi connectivity index (χ4n) is 2.84. The number of hydrogen-bond donors (Lipinski definition) is 0. The molecule has 0 spiro atoms. The first-order valence-corrected chi connectivity index (χ1v) is 7.78. The molecular formula is C17H20N4O2. The van der Waals surface area contributed by atoms with Crippen molar-refractivity contribution in [1.82, 2.24) is 14.8 Å². The lowest BCUT2D eigenvalue weighted by Gasteiger charge is -2.34. The second-order valence-electron chi connectivity index (χ2n) is 5.84. The highest BCUT2D eigenvalue weighted by molar-refractivity contribution is 5.32. The number of non-ortho nitro benzene ring substituents is 1. The molecule has 6 heteroatoms. The van der Waals surface area contributed by atoms with E-state index in [1.165, 1.54) is 5.56 Å². The molecule has 0 atom stereocenters. The van der Waals surface area contributed by atoms with Crippen molar-refractivity contribution >= 4 is 5.69 Å². The quantitative estimate of drug-likeness (QED) is 0.626. The molecule has 1 fully saturated rings. The average Bonchev–Trinajstić information content (AvgIpc) is 2.58. The van der Waals surface area contributed by atoms with Crippen LogP contribution in [0.1, 0.15) is 11.1 Å². The van der Waals surface area contributed by atoms with E-state index in [1.54, 1.807) is 18.3 Å². The second-order valence-corrected chi connectivity index (χ2v) is 5.84. The number of rotatable bonds is 5. The molecule has 2 aromatic rings. The molecule has 1 saturated heterocycles. The molecule has 0 unspecified atom stereocenters. The first-order chi connectivity index (χ1) is 11.2. The van der Waals surface area contributed by atoms with Gasteiger partial charge in [0.1, 0.15) is 0 Å². The van der Waals surface area contributed by atoms with Gasteiger partial charge in [0.15, 0.2) is 0 Å². The van der Waals surface area contributed by atoms with Crippen LogP contribution in [0.3, 0.4) is 0 Å². The molecule has 0 aliphatic carbocycles. The Morgan fingerprint density at radius 2 is 1.57 bits per heavy atom. The van der Waals surface area contributed by atoms with Crippen LogP contribution < -0.4 is 0 Å². The normalized spacial score (nSPS) is 16.3. The summed E-state index contributed by atoms with van der Waals surface area (Å²) in [7, 11) is 0. The van der Waals surface area contributed by atoms with Crippen molar-refractivity contribution in [1.29, 1.82) is 0 Å². The summed E-state index contributed by atoms with van der Waals surface area (Å²) in [5, 5.41) is 10.7. The summed E-state index contributed by atoms with van der Waals surface area (Å²) < 4.78 is 0. The topological polar surface area (TPSA) is 62.5 Å². The number of benzene rings is 1. The van der Waals surface area contributed by atoms with Gasteiger partial charge < -0.3 is 0 Å². The minimum Gasteiger partial charge on any atom is -0.297 e. The monoisotopic (exact) mass is 312 g/mol. The van der Waals surface area contributed by atoms with Crippen molar-refractivity contribution in [2.45, 2.75) is 13.1 Å². The van der Waals surface area contributed by atoms with Gasteiger partial charge in [-0.25, -0.2) is 0 Å². The van der Waals surface area contributed by atoms with E-state index in [2.05, 4.69) is 20.9 Å². The van der Waals surface area contributed by atoms with Crippen LogP contribution in [0.25, 0.3) is 0 Å². The van der Waals surface area contributed by atoms with Gasteiger partial charge in [0.05, 0.1) is 4.92 Å². The standard InChI is InChI=1S/C17H20N4O2/c22-21(23)17-5-3-15(4-6-17)13-19-8-10-20(11-9-19)14-16-2-1-7-18-12-16/h1-7,12H,8-11,13-14H2. The Hall–Kier alpha value is -2.31. The molecule has 120 valence electrons. The first kappa shape index (κ1) is 15.6. The molecule has 1 aliphatic heterocycles. The van der Waals surface area contributed by atoms with Crippen molar-refractivity contribution in [2.24, 2.45) is 0 Å². The average molecular weight is 312 g/mol. The van der Waals surface area contributed by atoms with E-state index in [1.807, 2.05) is 24.4 Å². The molecule has 1 aromatic carbocycles. The van der Waals surface area contributed by atoms with Crippen LogP contribution in [0.15, 0.2) is 48.8 Å². The largest absolute Gasteiger partial charge is 0.297 e. The number of aromatic nitrogens is 1. The summed E-state index contributed by atoms with van der Waals surface area (Å²) in [6, 6.07) is 10.9. The summed E-state index contributed by atoms with van der Waals surface area (Å²) in [5.74, 6) is 0. The third-order valence-electron chi connectivity index (χ3n) is 4.15. The molecule has 1 aliphatic rings. The molecule has 2 heterocycles. The Morgan fingerprint density at radius 3 is 2.09 bits per heavy atom. The van der Waals surface area contributed by atoms with E-state index >= 15 is 0 Å². The smallest absolute Gasteiger partial charge is 0.269 e. The summed E-state index contributed by atoms with van der Waals surface area (Å²) >= 11 is 0. The first-order valence-electron chi connectivity index (χ1n) is 7.78. The van der Waals surface area contributed by atoms with Gasteiger partial charge in [0.25, 0.3) is 5.69 Å². The molecule has 1 aromatic heterocycles. The minimum atomic E-state index is -0.360. The van der Waals surface area contributed by atoms with Crippen molar-refractivity contribution in [3.05, 3.63) is 70.0 Å². The number of nitro groups is 1. The van der Waals surface area contributed by atoms with Gasteiger partial charge in [-0.05, 0) is 17.2 Å². The maximum atomic E-state index is 10.7. The van der Waals surface area contributed by atoms with E-state index in [9.17, 15) is 10.1 Å². The van der Waals surface area contributed by atoms with Gasteiger partial charge in [-0.3, -0.25) is 24.9 Å². The second kappa shape index (κ2) is 7.30. The van der Waals surface area contributed by atoms with Crippen LogP contribution in [0, 0.1) is 10.1 Å². The van der Waals surface area contributed by atoms with Crippen LogP contribution in [-0.2, 0) is 13.1 Å². The van der Waals surface area contributed by atoms with Crippen LogP contribution in [0.2, 0.25) is 0 Å². The Kier molecular flexibility index (Phi) is 4.95.